The molecule has 0 N–H and O–H groups in total. The summed E-state index contributed by atoms with van der Waals surface area (Å²) in [4.78, 5) is 32.7. The molecule has 0 atom stereocenters. The number of ether oxygens (including phenoxy) is 3. The lowest BCUT2D eigenvalue weighted by molar-refractivity contribution is -0.138. The van der Waals surface area contributed by atoms with Gasteiger partial charge in [-0.3, -0.25) is 4.79 Å². The molecule has 0 saturated carbocycles. The molecular weight excluding hydrogens is 458 g/mol. The summed E-state index contributed by atoms with van der Waals surface area (Å²) in [5.41, 5.74) is 1.20. The molecule has 8 nitrogen and oxygen atoms in total. The molecule has 8 heteroatoms. The number of rotatable bonds is 6. The van der Waals surface area contributed by atoms with E-state index in [4.69, 9.17) is 9.47 Å². The van der Waals surface area contributed by atoms with E-state index in [1.165, 1.54) is 0 Å². The molecule has 1 aromatic carbocycles. The molecule has 0 spiro atoms. The Balaban J connectivity index is 0.000000572. The van der Waals surface area contributed by atoms with Gasteiger partial charge in [0.25, 0.3) is 6.47 Å². The molecule has 0 radical (unpaired) electrons. The third kappa shape index (κ3) is 11.1. The van der Waals surface area contributed by atoms with E-state index < -0.39 is 5.60 Å². The molecule has 1 aliphatic heterocycles. The van der Waals surface area contributed by atoms with E-state index in [1.807, 2.05) is 78.8 Å². The molecule has 198 valence electrons. The summed E-state index contributed by atoms with van der Waals surface area (Å²) in [6.45, 7) is 15.5. The number of carbonyl (C=O) groups excluding carboxylic acids is 2. The predicted octanol–water partition coefficient (Wildman–Crippen LogP) is 5.51. The van der Waals surface area contributed by atoms with Crippen molar-refractivity contribution in [3.8, 4) is 5.75 Å². The number of hydrogen-bond acceptors (Lipinski definition) is 7. The van der Waals surface area contributed by atoms with Gasteiger partial charge in [0.05, 0.1) is 11.9 Å². The van der Waals surface area contributed by atoms with Crippen molar-refractivity contribution in [3.05, 3.63) is 53.6 Å². The van der Waals surface area contributed by atoms with E-state index in [1.54, 1.807) is 11.1 Å². The first kappa shape index (κ1) is 29.1. The molecule has 1 aliphatic rings. The molecule has 0 unspecified atom stereocenters. The van der Waals surface area contributed by atoms with E-state index in [-0.39, 0.29) is 11.7 Å². The first-order valence-electron chi connectivity index (χ1n) is 12.4. The van der Waals surface area contributed by atoms with Crippen LogP contribution in [-0.4, -0.2) is 51.7 Å². The van der Waals surface area contributed by atoms with Gasteiger partial charge in [-0.2, -0.15) is 0 Å². The van der Waals surface area contributed by atoms with Crippen molar-refractivity contribution in [2.24, 2.45) is 5.92 Å². The highest BCUT2D eigenvalue weighted by atomic mass is 16.6. The van der Waals surface area contributed by atoms with Crippen LogP contribution in [0.15, 0.2) is 36.5 Å². The highest BCUT2D eigenvalue weighted by Crippen LogP contribution is 2.23. The summed E-state index contributed by atoms with van der Waals surface area (Å²) < 4.78 is 15.9. The SMILES string of the molecule is CC(C)(C)OC=O.Cc1nc(CC2CCN(C(=O)OC(C)(C)C)CC2)ncc1OCc1ccccc1. The van der Waals surface area contributed by atoms with Crippen molar-refractivity contribution in [1.82, 2.24) is 14.9 Å². The van der Waals surface area contributed by atoms with Crippen LogP contribution in [0.25, 0.3) is 0 Å². The fraction of sp³-hybridized carbons (Fsp3) is 0.571. The van der Waals surface area contributed by atoms with Crippen LogP contribution in [-0.2, 0) is 27.3 Å². The van der Waals surface area contributed by atoms with E-state index in [9.17, 15) is 9.59 Å². The van der Waals surface area contributed by atoms with E-state index in [2.05, 4.69) is 14.7 Å². The molecule has 2 heterocycles. The summed E-state index contributed by atoms with van der Waals surface area (Å²) in [7, 11) is 0. The van der Waals surface area contributed by atoms with Gasteiger partial charge in [-0.1, -0.05) is 30.3 Å². The van der Waals surface area contributed by atoms with Gasteiger partial charge in [0.2, 0.25) is 0 Å². The average Bonchev–Trinajstić information content (AvgIpc) is 2.78. The Bertz CT molecular complexity index is 959. The second kappa shape index (κ2) is 13.2. The minimum atomic E-state index is -0.455. The number of benzene rings is 1. The van der Waals surface area contributed by atoms with Gasteiger partial charge >= 0.3 is 6.09 Å². The van der Waals surface area contributed by atoms with Crippen LogP contribution in [0.1, 0.15) is 71.5 Å². The van der Waals surface area contributed by atoms with Crippen LogP contribution in [0.5, 0.6) is 5.75 Å². The lowest BCUT2D eigenvalue weighted by Crippen LogP contribution is -2.42. The smallest absolute Gasteiger partial charge is 0.410 e. The third-order valence-electron chi connectivity index (χ3n) is 5.36. The maximum atomic E-state index is 12.2. The zero-order valence-electron chi connectivity index (χ0n) is 22.7. The van der Waals surface area contributed by atoms with Gasteiger partial charge in [-0.25, -0.2) is 14.8 Å². The molecule has 36 heavy (non-hydrogen) atoms. The number of likely N-dealkylation sites (tertiary alicyclic amines) is 1. The normalized spacial score (nSPS) is 14.4. The van der Waals surface area contributed by atoms with Gasteiger partial charge in [0, 0.05) is 19.5 Å². The highest BCUT2D eigenvalue weighted by Gasteiger charge is 2.27. The van der Waals surface area contributed by atoms with E-state index >= 15 is 0 Å². The van der Waals surface area contributed by atoms with Crippen LogP contribution in [0.4, 0.5) is 4.79 Å². The maximum absolute atomic E-state index is 12.2. The fourth-order valence-electron chi connectivity index (χ4n) is 3.53. The Morgan fingerprint density at radius 1 is 1.06 bits per heavy atom. The molecule has 1 aromatic heterocycles. The van der Waals surface area contributed by atoms with Crippen molar-refractivity contribution in [2.45, 2.75) is 85.5 Å². The van der Waals surface area contributed by atoms with E-state index in [0.717, 1.165) is 55.2 Å². The quantitative estimate of drug-likeness (QED) is 0.484. The highest BCUT2D eigenvalue weighted by molar-refractivity contribution is 5.68. The van der Waals surface area contributed by atoms with Crippen molar-refractivity contribution in [2.75, 3.05) is 13.1 Å². The monoisotopic (exact) mass is 499 g/mol. The van der Waals surface area contributed by atoms with Crippen LogP contribution in [0.3, 0.4) is 0 Å². The third-order valence-corrected chi connectivity index (χ3v) is 5.36. The second-order valence-electron chi connectivity index (χ2n) is 11.0. The minimum absolute atomic E-state index is 0.219. The Morgan fingerprint density at radius 3 is 2.19 bits per heavy atom. The van der Waals surface area contributed by atoms with Gasteiger partial charge in [-0.15, -0.1) is 0 Å². The fourth-order valence-corrected chi connectivity index (χ4v) is 3.53. The molecule has 1 saturated heterocycles. The number of piperidine rings is 1. The van der Waals surface area contributed by atoms with Crippen molar-refractivity contribution < 1.29 is 23.8 Å². The van der Waals surface area contributed by atoms with Crippen LogP contribution in [0, 0.1) is 12.8 Å². The van der Waals surface area contributed by atoms with Crippen LogP contribution < -0.4 is 4.74 Å². The average molecular weight is 500 g/mol. The number of aromatic nitrogens is 2. The molecule has 1 amide bonds. The lowest BCUT2D eigenvalue weighted by Gasteiger charge is -2.33. The Kier molecular flexibility index (Phi) is 10.7. The largest absolute Gasteiger partial charge is 0.485 e. The van der Waals surface area contributed by atoms with Crippen LogP contribution >= 0.6 is 0 Å². The summed E-state index contributed by atoms with van der Waals surface area (Å²) in [6, 6.07) is 10.1. The number of aryl methyl sites for hydroxylation is 1. The molecule has 0 bridgehead atoms. The number of hydrogen-bond donors (Lipinski definition) is 0. The standard InChI is InChI=1S/C23H31N3O3.C5H10O2/c1-17-20(28-16-19-8-6-5-7-9-19)15-24-21(25-17)14-18-10-12-26(13-11-18)22(27)29-23(2,3)4;1-5(2,3)7-4-6/h5-9,15,18H,10-14,16H2,1-4H3;4H,1-3H3. The lowest BCUT2D eigenvalue weighted by atomic mass is 9.93. The van der Waals surface area contributed by atoms with Crippen molar-refractivity contribution in [3.63, 3.8) is 0 Å². The van der Waals surface area contributed by atoms with Gasteiger partial charge in [-0.05, 0) is 72.8 Å². The van der Waals surface area contributed by atoms with E-state index in [0.29, 0.717) is 19.0 Å². The molecular formula is C28H41N3O5. The minimum Gasteiger partial charge on any atom is -0.485 e. The van der Waals surface area contributed by atoms with Crippen LogP contribution in [0.2, 0.25) is 0 Å². The zero-order chi connectivity index (χ0) is 26.8. The molecule has 1 fully saturated rings. The Hall–Kier alpha value is -3.16. The Morgan fingerprint density at radius 2 is 1.69 bits per heavy atom. The summed E-state index contributed by atoms with van der Waals surface area (Å²) in [5, 5.41) is 0. The molecule has 0 aliphatic carbocycles. The number of carbonyl (C=O) groups is 2. The van der Waals surface area contributed by atoms with Crippen molar-refractivity contribution >= 4 is 12.6 Å². The molecule has 3 rings (SSSR count). The van der Waals surface area contributed by atoms with Crippen molar-refractivity contribution in [1.29, 1.82) is 0 Å². The summed E-state index contributed by atoms with van der Waals surface area (Å²) in [6.07, 6.45) is 4.25. The first-order valence-corrected chi connectivity index (χ1v) is 12.4. The van der Waals surface area contributed by atoms with Gasteiger partial charge in [0.1, 0.15) is 23.6 Å². The first-order chi connectivity index (χ1) is 16.9. The maximum Gasteiger partial charge on any atom is 0.410 e. The predicted molar refractivity (Wildman–Crippen MR) is 139 cm³/mol. The Labute approximate surface area is 215 Å². The molecule has 2 aromatic rings. The second-order valence-corrected chi connectivity index (χ2v) is 11.0. The zero-order valence-corrected chi connectivity index (χ0v) is 22.7. The number of nitrogens with zero attached hydrogens (tertiary/aromatic N) is 3. The van der Waals surface area contributed by atoms with Gasteiger partial charge < -0.3 is 19.1 Å². The van der Waals surface area contributed by atoms with Gasteiger partial charge in [0.15, 0.2) is 5.75 Å². The number of amides is 1. The summed E-state index contributed by atoms with van der Waals surface area (Å²) in [5.74, 6) is 2.03. The summed E-state index contributed by atoms with van der Waals surface area (Å²) >= 11 is 0. The topological polar surface area (TPSA) is 90.9 Å².